The highest BCUT2D eigenvalue weighted by Gasteiger charge is 2.30. The molecule has 0 unspecified atom stereocenters. The summed E-state index contributed by atoms with van der Waals surface area (Å²) in [5.74, 6) is 3.91. The molecule has 0 N–H and O–H groups in total. The number of hydrogen-bond acceptors (Lipinski definition) is 1. The third kappa shape index (κ3) is 5.74. The van der Waals surface area contributed by atoms with Crippen molar-refractivity contribution in [3.8, 4) is 5.75 Å². The zero-order valence-electron chi connectivity index (χ0n) is 20.1. The molecule has 2 saturated carbocycles. The number of aryl methyl sites for hydroxylation is 1. The Hall–Kier alpha value is -1.83. The molecular formula is C30H41FO. The van der Waals surface area contributed by atoms with Crippen LogP contribution in [-0.2, 0) is 6.42 Å². The van der Waals surface area contributed by atoms with E-state index in [1.165, 1.54) is 83.3 Å². The third-order valence-electron chi connectivity index (χ3n) is 8.47. The van der Waals surface area contributed by atoms with E-state index in [-0.39, 0.29) is 5.82 Å². The van der Waals surface area contributed by atoms with E-state index >= 15 is 0 Å². The molecular weight excluding hydrogens is 395 g/mol. The quantitative estimate of drug-likeness (QED) is 0.375. The summed E-state index contributed by atoms with van der Waals surface area (Å²) in [6.07, 6.45) is 21.2. The Morgan fingerprint density at radius 3 is 2.16 bits per heavy atom. The lowest BCUT2D eigenvalue weighted by atomic mass is 9.68. The van der Waals surface area contributed by atoms with Crippen molar-refractivity contribution < 1.29 is 9.13 Å². The van der Waals surface area contributed by atoms with Crippen LogP contribution < -0.4 is 4.74 Å². The molecule has 174 valence electrons. The average molecular weight is 437 g/mol. The number of methoxy groups -OCH3 is 1. The summed E-state index contributed by atoms with van der Waals surface area (Å²) in [6, 6.07) is 9.90. The first kappa shape index (κ1) is 23.3. The normalized spacial score (nSPS) is 26.6. The molecule has 0 aliphatic heterocycles. The second-order valence-corrected chi connectivity index (χ2v) is 10.4. The molecule has 0 radical (unpaired) electrons. The van der Waals surface area contributed by atoms with Crippen LogP contribution in [0.5, 0.6) is 5.75 Å². The van der Waals surface area contributed by atoms with Crippen molar-refractivity contribution in [2.45, 2.75) is 84.0 Å². The molecule has 4 rings (SSSR count). The molecule has 2 aliphatic rings. The molecule has 2 aromatic rings. The summed E-state index contributed by atoms with van der Waals surface area (Å²) < 4.78 is 19.5. The summed E-state index contributed by atoms with van der Waals surface area (Å²) in [7, 11) is 1.52. The molecule has 0 saturated heterocycles. The van der Waals surface area contributed by atoms with Gasteiger partial charge in [-0.15, -0.1) is 0 Å². The van der Waals surface area contributed by atoms with Crippen LogP contribution in [0.25, 0.3) is 10.8 Å². The molecule has 1 nitrogen and oxygen atoms in total. The number of rotatable bonds is 8. The standard InChI is InChI=1S/C30H41FO/c1-3-4-5-6-22-9-14-25(15-10-22)26-16-11-23(12-17-26)7-8-24-13-19-28-27(21-24)18-20-29(32-2)30(28)31/h3-4,13,18-23,25-26H,5-12,14-17H2,1-2H3/b4-3+. The molecule has 0 bridgehead atoms. The SMILES string of the molecule is C/C=C/CCC1CCC(C2CCC(CCc3ccc4c(F)c(OC)ccc4c3)CC2)CC1. The average Bonchev–Trinajstić information content (AvgIpc) is 2.84. The Labute approximate surface area is 194 Å². The van der Waals surface area contributed by atoms with Gasteiger partial charge in [0.2, 0.25) is 0 Å². The zero-order chi connectivity index (χ0) is 22.3. The van der Waals surface area contributed by atoms with Crippen LogP contribution in [0, 0.1) is 29.5 Å². The van der Waals surface area contributed by atoms with Crippen molar-refractivity contribution in [3.63, 3.8) is 0 Å². The number of halogens is 1. The van der Waals surface area contributed by atoms with E-state index < -0.39 is 0 Å². The van der Waals surface area contributed by atoms with Gasteiger partial charge in [-0.1, -0.05) is 62.1 Å². The van der Waals surface area contributed by atoms with E-state index in [9.17, 15) is 4.39 Å². The van der Waals surface area contributed by atoms with Crippen LogP contribution in [0.4, 0.5) is 4.39 Å². The molecule has 2 heteroatoms. The molecule has 0 atom stereocenters. The minimum atomic E-state index is -0.248. The molecule has 0 amide bonds. The molecule has 32 heavy (non-hydrogen) atoms. The van der Waals surface area contributed by atoms with Gasteiger partial charge in [-0.25, -0.2) is 4.39 Å². The Balaban J connectivity index is 1.21. The first-order valence-electron chi connectivity index (χ1n) is 13.0. The molecule has 0 heterocycles. The van der Waals surface area contributed by atoms with Gasteiger partial charge in [0, 0.05) is 5.39 Å². The molecule has 2 aromatic carbocycles. The van der Waals surface area contributed by atoms with E-state index in [1.807, 2.05) is 12.1 Å². The maximum absolute atomic E-state index is 14.4. The van der Waals surface area contributed by atoms with Crippen LogP contribution in [-0.4, -0.2) is 7.11 Å². The fraction of sp³-hybridized carbons (Fsp3) is 0.600. The van der Waals surface area contributed by atoms with Crippen LogP contribution in [0.2, 0.25) is 0 Å². The first-order chi connectivity index (χ1) is 15.7. The van der Waals surface area contributed by atoms with Crippen LogP contribution in [0.15, 0.2) is 42.5 Å². The number of fused-ring (bicyclic) bond motifs is 1. The third-order valence-corrected chi connectivity index (χ3v) is 8.47. The lowest BCUT2D eigenvalue weighted by Crippen LogP contribution is -2.26. The summed E-state index contributed by atoms with van der Waals surface area (Å²) in [5, 5.41) is 1.64. The summed E-state index contributed by atoms with van der Waals surface area (Å²) in [6.45, 7) is 2.13. The summed E-state index contributed by atoms with van der Waals surface area (Å²) in [5.41, 5.74) is 1.33. The highest BCUT2D eigenvalue weighted by molar-refractivity contribution is 5.85. The largest absolute Gasteiger partial charge is 0.494 e. The van der Waals surface area contributed by atoms with E-state index in [0.29, 0.717) is 11.1 Å². The predicted molar refractivity (Wildman–Crippen MR) is 134 cm³/mol. The Morgan fingerprint density at radius 1 is 0.875 bits per heavy atom. The zero-order valence-corrected chi connectivity index (χ0v) is 20.1. The van der Waals surface area contributed by atoms with Gasteiger partial charge in [-0.2, -0.15) is 0 Å². The van der Waals surface area contributed by atoms with Gasteiger partial charge in [0.1, 0.15) is 0 Å². The van der Waals surface area contributed by atoms with Gasteiger partial charge in [0.25, 0.3) is 0 Å². The van der Waals surface area contributed by atoms with E-state index in [2.05, 4.69) is 31.2 Å². The van der Waals surface area contributed by atoms with E-state index in [4.69, 9.17) is 4.74 Å². The van der Waals surface area contributed by atoms with Crippen LogP contribution in [0.1, 0.15) is 83.1 Å². The lowest BCUT2D eigenvalue weighted by Gasteiger charge is -2.38. The van der Waals surface area contributed by atoms with Gasteiger partial charge in [0.15, 0.2) is 11.6 Å². The second-order valence-electron chi connectivity index (χ2n) is 10.4. The van der Waals surface area contributed by atoms with Gasteiger partial charge in [0.05, 0.1) is 7.11 Å². The highest BCUT2D eigenvalue weighted by atomic mass is 19.1. The van der Waals surface area contributed by atoms with Crippen molar-refractivity contribution in [3.05, 3.63) is 53.9 Å². The number of ether oxygens (including phenoxy) is 1. The minimum Gasteiger partial charge on any atom is -0.494 e. The van der Waals surface area contributed by atoms with Crippen molar-refractivity contribution in [2.75, 3.05) is 7.11 Å². The number of hydrogen-bond donors (Lipinski definition) is 0. The summed E-state index contributed by atoms with van der Waals surface area (Å²) >= 11 is 0. The molecule has 2 aliphatic carbocycles. The smallest absolute Gasteiger partial charge is 0.172 e. The van der Waals surface area contributed by atoms with Gasteiger partial charge >= 0.3 is 0 Å². The molecule has 2 fully saturated rings. The fourth-order valence-electron chi connectivity index (χ4n) is 6.40. The van der Waals surface area contributed by atoms with Crippen molar-refractivity contribution >= 4 is 10.8 Å². The van der Waals surface area contributed by atoms with Gasteiger partial charge in [-0.05, 0) is 99.0 Å². The first-order valence-corrected chi connectivity index (χ1v) is 13.0. The maximum Gasteiger partial charge on any atom is 0.172 e. The number of benzene rings is 2. The predicted octanol–water partition coefficient (Wildman–Crippen LogP) is 8.89. The monoisotopic (exact) mass is 436 g/mol. The Kier molecular flexibility index (Phi) is 8.27. The van der Waals surface area contributed by atoms with Crippen molar-refractivity contribution in [2.24, 2.45) is 23.7 Å². The second kappa shape index (κ2) is 11.3. The topological polar surface area (TPSA) is 9.23 Å². The van der Waals surface area contributed by atoms with Crippen LogP contribution >= 0.6 is 0 Å². The minimum absolute atomic E-state index is 0.248. The summed E-state index contributed by atoms with van der Waals surface area (Å²) in [4.78, 5) is 0. The molecule has 0 spiro atoms. The highest BCUT2D eigenvalue weighted by Crippen LogP contribution is 2.43. The Bertz CT molecular complexity index is 885. The Morgan fingerprint density at radius 2 is 1.53 bits per heavy atom. The van der Waals surface area contributed by atoms with Gasteiger partial charge < -0.3 is 4.74 Å². The van der Waals surface area contributed by atoms with E-state index in [1.54, 1.807) is 6.07 Å². The van der Waals surface area contributed by atoms with Gasteiger partial charge in [-0.3, -0.25) is 0 Å². The lowest BCUT2D eigenvalue weighted by molar-refractivity contribution is 0.141. The van der Waals surface area contributed by atoms with E-state index in [0.717, 1.165) is 35.5 Å². The number of allylic oxidation sites excluding steroid dienone is 2. The van der Waals surface area contributed by atoms with Crippen molar-refractivity contribution in [1.82, 2.24) is 0 Å². The molecule has 0 aromatic heterocycles. The van der Waals surface area contributed by atoms with Crippen LogP contribution in [0.3, 0.4) is 0 Å². The maximum atomic E-state index is 14.4. The van der Waals surface area contributed by atoms with Crippen molar-refractivity contribution in [1.29, 1.82) is 0 Å². The fourth-order valence-corrected chi connectivity index (χ4v) is 6.40.